The molecule has 1 saturated heterocycles. The number of aliphatic carboxylic acids is 1. The van der Waals surface area contributed by atoms with Crippen LogP contribution >= 0.6 is 0 Å². The second kappa shape index (κ2) is 9.52. The number of carboxylic acid groups (broad SMARTS) is 1. The number of hydrogen-bond acceptors (Lipinski definition) is 3. The predicted octanol–water partition coefficient (Wildman–Crippen LogP) is 4.01. The third-order valence-electron chi connectivity index (χ3n) is 6.43. The number of hydrogen-bond donors (Lipinski definition) is 2. The van der Waals surface area contributed by atoms with Gasteiger partial charge in [0.1, 0.15) is 0 Å². The average molecular weight is 359 g/mol. The van der Waals surface area contributed by atoms with Gasteiger partial charge in [0, 0.05) is 19.0 Å². The lowest BCUT2D eigenvalue weighted by Gasteiger charge is -2.34. The Morgan fingerprint density at radius 2 is 1.73 bits per heavy atom. The van der Waals surface area contributed by atoms with Gasteiger partial charge in [-0.25, -0.2) is 0 Å². The third kappa shape index (κ3) is 5.55. The Morgan fingerprint density at radius 3 is 2.35 bits per heavy atom. The molecule has 0 unspecified atom stereocenters. The van der Waals surface area contributed by atoms with Gasteiger partial charge in [0.15, 0.2) is 0 Å². The van der Waals surface area contributed by atoms with Gasteiger partial charge in [-0.3, -0.25) is 9.69 Å². The summed E-state index contributed by atoms with van der Waals surface area (Å²) in [6.07, 6.45) is 8.45. The minimum absolute atomic E-state index is 0.328. The van der Waals surface area contributed by atoms with Crippen molar-refractivity contribution in [2.75, 3.05) is 20.1 Å². The van der Waals surface area contributed by atoms with Gasteiger partial charge in [0.25, 0.3) is 0 Å². The van der Waals surface area contributed by atoms with Gasteiger partial charge in [0.05, 0.1) is 0 Å². The molecule has 26 heavy (non-hydrogen) atoms. The third-order valence-corrected chi connectivity index (χ3v) is 6.43. The number of benzene rings is 1. The maximum atomic E-state index is 10.7. The van der Waals surface area contributed by atoms with Gasteiger partial charge in [-0.1, -0.05) is 24.3 Å². The van der Waals surface area contributed by atoms with E-state index in [1.807, 2.05) is 0 Å². The molecule has 2 fully saturated rings. The summed E-state index contributed by atoms with van der Waals surface area (Å²) in [5.74, 6) is 0.682. The Bertz CT molecular complexity index is 558. The quantitative estimate of drug-likeness (QED) is 0.773. The van der Waals surface area contributed by atoms with E-state index >= 15 is 0 Å². The van der Waals surface area contributed by atoms with Crippen molar-refractivity contribution in [2.45, 2.75) is 69.9 Å². The lowest BCUT2D eigenvalue weighted by molar-refractivity contribution is -0.137. The SMILES string of the molecule is CN(Cc1ccc(C2CCNCC2)cc1)C1CCC(CCC(=O)O)CC1. The number of piperidine rings is 1. The zero-order valence-corrected chi connectivity index (χ0v) is 16.1. The molecule has 0 spiro atoms. The fraction of sp³-hybridized carbons (Fsp3) is 0.682. The van der Waals surface area contributed by atoms with Crippen LogP contribution in [0.25, 0.3) is 0 Å². The van der Waals surface area contributed by atoms with Crippen LogP contribution in [-0.2, 0) is 11.3 Å². The van der Waals surface area contributed by atoms with E-state index in [1.165, 1.54) is 49.7 Å². The molecule has 4 heteroatoms. The molecule has 0 atom stereocenters. The monoisotopic (exact) mass is 358 g/mol. The minimum Gasteiger partial charge on any atom is -0.481 e. The van der Waals surface area contributed by atoms with Crippen LogP contribution in [-0.4, -0.2) is 42.2 Å². The van der Waals surface area contributed by atoms with E-state index in [0.29, 0.717) is 18.4 Å². The van der Waals surface area contributed by atoms with Crippen LogP contribution in [0.5, 0.6) is 0 Å². The molecular formula is C22H34N2O2. The smallest absolute Gasteiger partial charge is 0.303 e. The Kier molecular flexibility index (Phi) is 7.09. The van der Waals surface area contributed by atoms with E-state index in [2.05, 4.69) is 41.5 Å². The number of nitrogens with zero attached hydrogens (tertiary/aromatic N) is 1. The largest absolute Gasteiger partial charge is 0.481 e. The Balaban J connectivity index is 1.44. The van der Waals surface area contributed by atoms with E-state index in [1.54, 1.807) is 0 Å². The van der Waals surface area contributed by atoms with Crippen LogP contribution in [0, 0.1) is 5.92 Å². The summed E-state index contributed by atoms with van der Waals surface area (Å²) in [4.78, 5) is 13.2. The van der Waals surface area contributed by atoms with Gasteiger partial charge >= 0.3 is 5.97 Å². The second-order valence-electron chi connectivity index (χ2n) is 8.29. The van der Waals surface area contributed by atoms with Crippen molar-refractivity contribution in [3.8, 4) is 0 Å². The summed E-state index contributed by atoms with van der Waals surface area (Å²) >= 11 is 0. The number of carbonyl (C=O) groups is 1. The first-order valence-electron chi connectivity index (χ1n) is 10.3. The molecule has 144 valence electrons. The van der Waals surface area contributed by atoms with Crippen molar-refractivity contribution in [1.82, 2.24) is 10.2 Å². The number of rotatable bonds is 7. The summed E-state index contributed by atoms with van der Waals surface area (Å²) in [5, 5.41) is 12.3. The van der Waals surface area contributed by atoms with E-state index in [9.17, 15) is 4.79 Å². The van der Waals surface area contributed by atoms with E-state index < -0.39 is 5.97 Å². The van der Waals surface area contributed by atoms with Crippen molar-refractivity contribution in [3.05, 3.63) is 35.4 Å². The van der Waals surface area contributed by atoms with Crippen LogP contribution in [0.3, 0.4) is 0 Å². The number of carboxylic acids is 1. The molecule has 0 amide bonds. The van der Waals surface area contributed by atoms with Crippen molar-refractivity contribution in [1.29, 1.82) is 0 Å². The summed E-state index contributed by atoms with van der Waals surface area (Å²) in [6, 6.07) is 9.93. The van der Waals surface area contributed by atoms with Crippen molar-refractivity contribution < 1.29 is 9.90 Å². The highest BCUT2D eigenvalue weighted by Crippen LogP contribution is 2.31. The molecule has 4 nitrogen and oxygen atoms in total. The topological polar surface area (TPSA) is 52.6 Å². The molecular weight excluding hydrogens is 324 g/mol. The first-order chi connectivity index (χ1) is 12.6. The van der Waals surface area contributed by atoms with Crippen LogP contribution in [0.15, 0.2) is 24.3 Å². The zero-order valence-electron chi connectivity index (χ0n) is 16.1. The fourth-order valence-corrected chi connectivity index (χ4v) is 4.67. The van der Waals surface area contributed by atoms with Gasteiger partial charge in [-0.05, 0) is 88.0 Å². The normalized spacial score (nSPS) is 24.7. The molecule has 3 rings (SSSR count). The molecule has 2 aliphatic rings. The molecule has 2 N–H and O–H groups in total. The average Bonchev–Trinajstić information content (AvgIpc) is 2.68. The number of nitrogens with one attached hydrogen (secondary N) is 1. The molecule has 1 saturated carbocycles. The van der Waals surface area contributed by atoms with Crippen molar-refractivity contribution >= 4 is 5.97 Å². The van der Waals surface area contributed by atoms with Crippen molar-refractivity contribution in [2.24, 2.45) is 5.92 Å². The summed E-state index contributed by atoms with van der Waals surface area (Å²) in [7, 11) is 2.24. The Labute approximate surface area is 158 Å². The van der Waals surface area contributed by atoms with E-state index in [-0.39, 0.29) is 0 Å². The van der Waals surface area contributed by atoms with Crippen LogP contribution < -0.4 is 5.32 Å². The Morgan fingerprint density at radius 1 is 1.08 bits per heavy atom. The predicted molar refractivity (Wildman–Crippen MR) is 105 cm³/mol. The summed E-state index contributed by atoms with van der Waals surface area (Å²) in [6.45, 7) is 3.30. The van der Waals surface area contributed by atoms with Crippen molar-refractivity contribution in [3.63, 3.8) is 0 Å². The fourth-order valence-electron chi connectivity index (χ4n) is 4.67. The first-order valence-corrected chi connectivity index (χ1v) is 10.3. The second-order valence-corrected chi connectivity index (χ2v) is 8.29. The van der Waals surface area contributed by atoms with Crippen LogP contribution in [0.1, 0.15) is 68.4 Å². The minimum atomic E-state index is -0.655. The molecule has 1 aromatic carbocycles. The summed E-state index contributed by atoms with van der Waals surface area (Å²) < 4.78 is 0. The maximum absolute atomic E-state index is 10.7. The highest BCUT2D eigenvalue weighted by Gasteiger charge is 2.24. The maximum Gasteiger partial charge on any atom is 0.303 e. The molecule has 0 aromatic heterocycles. The molecule has 0 bridgehead atoms. The van der Waals surface area contributed by atoms with Gasteiger partial charge in [-0.15, -0.1) is 0 Å². The van der Waals surface area contributed by atoms with Gasteiger partial charge in [0.2, 0.25) is 0 Å². The van der Waals surface area contributed by atoms with Crippen LogP contribution in [0.2, 0.25) is 0 Å². The molecule has 0 radical (unpaired) electrons. The standard InChI is InChI=1S/C22H34N2O2/c1-24(21-9-4-17(5-10-21)6-11-22(25)26)16-18-2-7-19(8-3-18)20-12-14-23-15-13-20/h2-3,7-8,17,20-21,23H,4-6,9-16H2,1H3,(H,25,26). The van der Waals surface area contributed by atoms with E-state index in [4.69, 9.17) is 5.11 Å². The molecule has 1 heterocycles. The molecule has 1 aromatic rings. The zero-order chi connectivity index (χ0) is 18.4. The molecule has 1 aliphatic carbocycles. The van der Waals surface area contributed by atoms with E-state index in [0.717, 1.165) is 32.0 Å². The summed E-state index contributed by atoms with van der Waals surface area (Å²) in [5.41, 5.74) is 2.90. The Hall–Kier alpha value is -1.39. The van der Waals surface area contributed by atoms with Gasteiger partial charge in [-0.2, -0.15) is 0 Å². The lowest BCUT2D eigenvalue weighted by atomic mass is 9.83. The lowest BCUT2D eigenvalue weighted by Crippen LogP contribution is -2.34. The molecule has 1 aliphatic heterocycles. The van der Waals surface area contributed by atoms with Gasteiger partial charge < -0.3 is 10.4 Å². The highest BCUT2D eigenvalue weighted by atomic mass is 16.4. The highest BCUT2D eigenvalue weighted by molar-refractivity contribution is 5.66. The first kappa shape index (κ1) is 19.4. The van der Waals surface area contributed by atoms with Crippen LogP contribution in [0.4, 0.5) is 0 Å².